The van der Waals surface area contributed by atoms with Gasteiger partial charge in [-0.15, -0.1) is 6.58 Å². The van der Waals surface area contributed by atoms with Crippen LogP contribution in [0.25, 0.3) is 0 Å². The largest absolute Gasteiger partial charge is 0.484 e. The van der Waals surface area contributed by atoms with E-state index in [1.165, 1.54) is 26.3 Å². The Morgan fingerprint density at radius 1 is 1.23 bits per heavy atom. The zero-order valence-corrected chi connectivity index (χ0v) is 21.9. The van der Waals surface area contributed by atoms with Crippen LogP contribution in [0.1, 0.15) is 73.1 Å². The number of amides is 2. The minimum Gasteiger partial charge on any atom is -0.484 e. The van der Waals surface area contributed by atoms with Crippen molar-refractivity contribution in [3.05, 3.63) is 48.9 Å². The standard InChI is InChI=1S/C27H39N3O5/c1-9-12-23(34-8)29-18-22(10-2)30(20(4)31)25(33)27(19(3)28)15-11-13-21(14-16-27)17-24(32)35-26(5,6)7/h9-10,13,18,28H,1-2,11-12,14-17H2,3-8H3/b22-18+,28-19?,29-23+. The molecule has 0 saturated heterocycles. The average molecular weight is 486 g/mol. The summed E-state index contributed by atoms with van der Waals surface area (Å²) in [5.74, 6) is -0.985. The van der Waals surface area contributed by atoms with Crippen molar-refractivity contribution >= 4 is 29.4 Å². The molecule has 8 heteroatoms. The first-order chi connectivity index (χ1) is 16.3. The van der Waals surface area contributed by atoms with Gasteiger partial charge in [-0.05, 0) is 59.5 Å². The highest BCUT2D eigenvalue weighted by Gasteiger charge is 2.45. The molecule has 1 aliphatic carbocycles. The number of allylic oxidation sites excluding steroid dienone is 2. The molecule has 1 atom stereocenters. The minimum absolute atomic E-state index is 0.130. The molecule has 1 aliphatic rings. The smallest absolute Gasteiger partial charge is 0.310 e. The molecule has 0 fully saturated rings. The van der Waals surface area contributed by atoms with Crippen molar-refractivity contribution in [2.24, 2.45) is 10.4 Å². The maximum Gasteiger partial charge on any atom is 0.310 e. The molecule has 1 rings (SSSR count). The van der Waals surface area contributed by atoms with Crippen LogP contribution in [0, 0.1) is 10.8 Å². The Bertz CT molecular complexity index is 952. The van der Waals surface area contributed by atoms with Gasteiger partial charge in [0.1, 0.15) is 5.60 Å². The molecule has 8 nitrogen and oxygen atoms in total. The normalized spacial score (nSPS) is 19.1. The van der Waals surface area contributed by atoms with E-state index in [2.05, 4.69) is 18.2 Å². The van der Waals surface area contributed by atoms with Gasteiger partial charge >= 0.3 is 5.97 Å². The van der Waals surface area contributed by atoms with E-state index in [1.54, 1.807) is 13.0 Å². The van der Waals surface area contributed by atoms with Gasteiger partial charge in [0.2, 0.25) is 11.8 Å². The summed E-state index contributed by atoms with van der Waals surface area (Å²) < 4.78 is 10.6. The van der Waals surface area contributed by atoms with Crippen molar-refractivity contribution in [1.82, 2.24) is 4.90 Å². The lowest BCUT2D eigenvalue weighted by atomic mass is 9.74. The van der Waals surface area contributed by atoms with E-state index in [0.717, 1.165) is 10.5 Å². The zero-order valence-electron chi connectivity index (χ0n) is 21.9. The van der Waals surface area contributed by atoms with E-state index in [1.807, 2.05) is 26.8 Å². The second-order valence-electron chi connectivity index (χ2n) is 9.51. The number of hydrogen-bond acceptors (Lipinski definition) is 7. The first kappa shape index (κ1) is 29.7. The number of methoxy groups -OCH3 is 1. The first-order valence-electron chi connectivity index (χ1n) is 11.7. The highest BCUT2D eigenvalue weighted by molar-refractivity contribution is 6.12. The van der Waals surface area contributed by atoms with Gasteiger partial charge in [0.15, 0.2) is 5.90 Å². The lowest BCUT2D eigenvalue weighted by Gasteiger charge is -2.35. The Morgan fingerprint density at radius 2 is 1.89 bits per heavy atom. The molecule has 0 aromatic rings. The van der Waals surface area contributed by atoms with Gasteiger partial charge in [0, 0.05) is 19.1 Å². The number of esters is 1. The number of ether oxygens (including phenoxy) is 2. The van der Waals surface area contributed by atoms with Crippen molar-refractivity contribution in [2.45, 2.75) is 78.7 Å². The minimum atomic E-state index is -1.20. The molecule has 35 heavy (non-hydrogen) atoms. The van der Waals surface area contributed by atoms with E-state index in [9.17, 15) is 14.4 Å². The van der Waals surface area contributed by atoms with Crippen molar-refractivity contribution < 1.29 is 23.9 Å². The number of imide groups is 1. The van der Waals surface area contributed by atoms with Crippen LogP contribution in [-0.2, 0) is 23.9 Å². The van der Waals surface area contributed by atoms with E-state index in [4.69, 9.17) is 14.9 Å². The third-order valence-electron chi connectivity index (χ3n) is 5.68. The molecule has 1 N–H and O–H groups in total. The Hall–Kier alpha value is -3.29. The predicted octanol–water partition coefficient (Wildman–Crippen LogP) is 5.27. The second-order valence-corrected chi connectivity index (χ2v) is 9.51. The SMILES string of the molecule is C=CC/C(=N\C=C(/C=C)N(C(C)=O)C(=O)C1(C(C)=N)CCC=C(CC(=O)OC(C)(C)C)CC1)OC. The van der Waals surface area contributed by atoms with Crippen LogP contribution in [0.4, 0.5) is 0 Å². The highest BCUT2D eigenvalue weighted by atomic mass is 16.6. The fourth-order valence-corrected chi connectivity index (χ4v) is 3.90. The Labute approximate surface area is 209 Å². The van der Waals surface area contributed by atoms with E-state index >= 15 is 0 Å². The summed E-state index contributed by atoms with van der Waals surface area (Å²) in [6.07, 6.45) is 8.36. The molecule has 2 amide bonds. The number of rotatable bonds is 9. The summed E-state index contributed by atoms with van der Waals surface area (Å²) in [5, 5.41) is 8.50. The topological polar surface area (TPSA) is 109 Å². The quantitative estimate of drug-likeness (QED) is 0.157. The van der Waals surface area contributed by atoms with Gasteiger partial charge in [-0.1, -0.05) is 24.3 Å². The maximum absolute atomic E-state index is 13.9. The average Bonchev–Trinajstić information content (AvgIpc) is 2.97. The van der Waals surface area contributed by atoms with Crippen molar-refractivity contribution in [2.75, 3.05) is 7.11 Å². The number of nitrogens with zero attached hydrogens (tertiary/aromatic N) is 2. The van der Waals surface area contributed by atoms with Crippen LogP contribution in [0.2, 0.25) is 0 Å². The van der Waals surface area contributed by atoms with Crippen LogP contribution < -0.4 is 0 Å². The molecule has 1 unspecified atom stereocenters. The van der Waals surface area contributed by atoms with Gasteiger partial charge in [0.05, 0.1) is 30.8 Å². The van der Waals surface area contributed by atoms with Gasteiger partial charge in [0.25, 0.3) is 0 Å². The molecule has 0 heterocycles. The molecule has 0 aromatic heterocycles. The summed E-state index contributed by atoms with van der Waals surface area (Å²) in [4.78, 5) is 44.1. The molecule has 0 aliphatic heterocycles. The fraction of sp³-hybridized carbons (Fsp3) is 0.519. The van der Waals surface area contributed by atoms with Crippen LogP contribution in [-0.4, -0.2) is 47.0 Å². The number of aliphatic imine (C=N–C) groups is 1. The summed E-state index contributed by atoms with van der Waals surface area (Å²) in [6, 6.07) is 0. The van der Waals surface area contributed by atoms with E-state index < -0.39 is 22.8 Å². The fourth-order valence-electron chi connectivity index (χ4n) is 3.90. The maximum atomic E-state index is 13.9. The van der Waals surface area contributed by atoms with Gasteiger partial charge in [-0.2, -0.15) is 0 Å². The molecule has 0 spiro atoms. The molecule has 0 bridgehead atoms. The Kier molecular flexibility index (Phi) is 11.0. The number of nitrogens with one attached hydrogen (secondary N) is 1. The van der Waals surface area contributed by atoms with E-state index in [0.29, 0.717) is 38.0 Å². The lowest BCUT2D eigenvalue weighted by Crippen LogP contribution is -2.48. The highest BCUT2D eigenvalue weighted by Crippen LogP contribution is 2.39. The van der Waals surface area contributed by atoms with Gasteiger partial charge in [-0.3, -0.25) is 14.4 Å². The third kappa shape index (κ3) is 8.46. The molecular weight excluding hydrogens is 446 g/mol. The van der Waals surface area contributed by atoms with Crippen molar-refractivity contribution in [3.63, 3.8) is 0 Å². The van der Waals surface area contributed by atoms with Crippen molar-refractivity contribution in [1.29, 1.82) is 5.41 Å². The van der Waals surface area contributed by atoms with Gasteiger partial charge < -0.3 is 14.9 Å². The second kappa shape index (κ2) is 13.0. The molecule has 0 saturated carbocycles. The van der Waals surface area contributed by atoms with Crippen LogP contribution in [0.3, 0.4) is 0 Å². The molecule has 0 aromatic carbocycles. The van der Waals surface area contributed by atoms with E-state index in [-0.39, 0.29) is 23.8 Å². The number of hydrogen-bond donors (Lipinski definition) is 1. The Morgan fingerprint density at radius 3 is 2.37 bits per heavy atom. The zero-order chi connectivity index (χ0) is 26.8. The number of carbonyl (C=O) groups excluding carboxylic acids is 3. The summed E-state index contributed by atoms with van der Waals surface area (Å²) in [6.45, 7) is 15.7. The Balaban J connectivity index is 3.27. The van der Waals surface area contributed by atoms with Crippen LogP contribution in [0.5, 0.6) is 0 Å². The summed E-state index contributed by atoms with van der Waals surface area (Å²) >= 11 is 0. The summed E-state index contributed by atoms with van der Waals surface area (Å²) in [5.41, 5.74) is -0.568. The third-order valence-corrected chi connectivity index (χ3v) is 5.68. The van der Waals surface area contributed by atoms with Gasteiger partial charge in [-0.25, -0.2) is 9.89 Å². The van der Waals surface area contributed by atoms with Crippen LogP contribution in [0.15, 0.2) is 53.8 Å². The molecular formula is C27H39N3O5. The van der Waals surface area contributed by atoms with Crippen LogP contribution >= 0.6 is 0 Å². The predicted molar refractivity (Wildman–Crippen MR) is 138 cm³/mol. The first-order valence-corrected chi connectivity index (χ1v) is 11.7. The summed E-state index contributed by atoms with van der Waals surface area (Å²) in [7, 11) is 1.47. The molecule has 192 valence electrons. The molecule has 0 radical (unpaired) electrons. The van der Waals surface area contributed by atoms with Crippen molar-refractivity contribution in [3.8, 4) is 0 Å². The monoisotopic (exact) mass is 485 g/mol. The lowest BCUT2D eigenvalue weighted by molar-refractivity contribution is -0.154. The number of carbonyl (C=O) groups is 3.